The van der Waals surface area contributed by atoms with Crippen LogP contribution in [-0.2, 0) is 44.5 Å². The van der Waals surface area contributed by atoms with Crippen molar-refractivity contribution in [1.29, 1.82) is 0 Å². The molecule has 14 heteroatoms. The fourth-order valence-corrected chi connectivity index (χ4v) is 4.69. The molecule has 2 aromatic rings. The molecule has 1 aliphatic heterocycles. The molecule has 0 aliphatic carbocycles. The fourth-order valence-electron chi connectivity index (χ4n) is 4.69. The van der Waals surface area contributed by atoms with Crippen LogP contribution in [0.15, 0.2) is 36.4 Å². The van der Waals surface area contributed by atoms with Crippen molar-refractivity contribution in [2.45, 2.75) is 39.0 Å². The van der Waals surface area contributed by atoms with Crippen molar-refractivity contribution in [2.75, 3.05) is 93.3 Å². The lowest BCUT2D eigenvalue weighted by molar-refractivity contribution is -0.162. The quantitative estimate of drug-likeness (QED) is 0.316. The molecule has 0 bridgehead atoms. The van der Waals surface area contributed by atoms with Gasteiger partial charge in [-0.1, -0.05) is 12.1 Å². The van der Waals surface area contributed by atoms with Crippen LogP contribution >= 0.6 is 0 Å². The van der Waals surface area contributed by atoms with Crippen molar-refractivity contribution < 1.29 is 47.5 Å². The Morgan fingerprint density at radius 3 is 1.72 bits per heavy atom. The number of pyridine rings is 2. The second-order valence-electron chi connectivity index (χ2n) is 11.6. The van der Waals surface area contributed by atoms with Crippen LogP contribution in [0.2, 0.25) is 0 Å². The van der Waals surface area contributed by atoms with E-state index < -0.39 is 29.6 Å². The molecular weight excluding hydrogens is 612 g/mol. The van der Waals surface area contributed by atoms with Gasteiger partial charge in [0.25, 0.3) is 0 Å². The summed E-state index contributed by atoms with van der Waals surface area (Å²) >= 11 is 0. The van der Waals surface area contributed by atoms with Gasteiger partial charge >= 0.3 is 17.9 Å². The van der Waals surface area contributed by atoms with Crippen LogP contribution in [0.4, 0.5) is 0 Å². The van der Waals surface area contributed by atoms with Gasteiger partial charge in [0.2, 0.25) is 0 Å². The van der Waals surface area contributed by atoms with Gasteiger partial charge in [0, 0.05) is 32.7 Å². The number of methoxy groups -OCH3 is 2. The smallest absolute Gasteiger partial charge is 0.356 e. The van der Waals surface area contributed by atoms with Crippen molar-refractivity contribution in [3.8, 4) is 0 Å². The molecular formula is C33H48N4O10. The molecule has 3 rings (SSSR count). The molecule has 260 valence electrons. The van der Waals surface area contributed by atoms with Gasteiger partial charge in [-0.05, 0) is 45.0 Å². The number of carbonyl (C=O) groups is 3. The zero-order valence-electron chi connectivity index (χ0n) is 28.1. The minimum absolute atomic E-state index is 0.0892. The van der Waals surface area contributed by atoms with E-state index in [-0.39, 0.29) is 11.4 Å². The molecule has 0 radical (unpaired) electrons. The Morgan fingerprint density at radius 1 is 0.723 bits per heavy atom. The molecule has 47 heavy (non-hydrogen) atoms. The third kappa shape index (κ3) is 13.6. The fraction of sp³-hybridized carbons (Fsp3) is 0.606. The maximum absolute atomic E-state index is 13.6. The minimum atomic E-state index is -0.919. The van der Waals surface area contributed by atoms with Crippen molar-refractivity contribution in [2.24, 2.45) is 0 Å². The monoisotopic (exact) mass is 660 g/mol. The van der Waals surface area contributed by atoms with Crippen LogP contribution in [0.5, 0.6) is 0 Å². The van der Waals surface area contributed by atoms with Crippen LogP contribution in [0.3, 0.4) is 0 Å². The molecule has 1 unspecified atom stereocenters. The molecule has 0 spiro atoms. The van der Waals surface area contributed by atoms with Gasteiger partial charge in [0.05, 0.1) is 78.5 Å². The highest BCUT2D eigenvalue weighted by Crippen LogP contribution is 2.24. The number of ether oxygens (including phenoxy) is 7. The van der Waals surface area contributed by atoms with Crippen molar-refractivity contribution in [1.82, 2.24) is 19.8 Å². The number of hydrogen-bond donors (Lipinski definition) is 0. The Balaban J connectivity index is 1.66. The Hall–Kier alpha value is -3.53. The summed E-state index contributed by atoms with van der Waals surface area (Å²) in [5, 5.41) is 0. The third-order valence-electron chi connectivity index (χ3n) is 6.92. The number of rotatable bonds is 7. The van der Waals surface area contributed by atoms with Gasteiger partial charge in [-0.25, -0.2) is 24.4 Å². The van der Waals surface area contributed by atoms with Crippen molar-refractivity contribution in [3.05, 3.63) is 59.2 Å². The maximum atomic E-state index is 13.6. The summed E-state index contributed by atoms with van der Waals surface area (Å²) in [4.78, 5) is 50.6. The van der Waals surface area contributed by atoms with E-state index in [1.165, 1.54) is 20.3 Å². The van der Waals surface area contributed by atoms with Crippen LogP contribution in [-0.4, -0.2) is 137 Å². The highest BCUT2D eigenvalue weighted by Gasteiger charge is 2.33. The minimum Gasteiger partial charge on any atom is -0.464 e. The average Bonchev–Trinajstić information content (AvgIpc) is 3.04. The molecule has 2 aromatic heterocycles. The lowest BCUT2D eigenvalue weighted by Gasteiger charge is -2.32. The van der Waals surface area contributed by atoms with Crippen LogP contribution in [0.1, 0.15) is 59.2 Å². The molecule has 0 N–H and O–H groups in total. The van der Waals surface area contributed by atoms with Crippen LogP contribution in [0.25, 0.3) is 0 Å². The van der Waals surface area contributed by atoms with E-state index in [1.807, 2.05) is 11.0 Å². The summed E-state index contributed by atoms with van der Waals surface area (Å²) in [5.74, 6) is -1.59. The van der Waals surface area contributed by atoms with Crippen LogP contribution < -0.4 is 0 Å². The first-order chi connectivity index (χ1) is 22.6. The topological polar surface area (TPSA) is 148 Å². The lowest BCUT2D eigenvalue weighted by Crippen LogP contribution is -2.42. The second kappa shape index (κ2) is 20.0. The zero-order valence-corrected chi connectivity index (χ0v) is 28.1. The Bertz CT molecular complexity index is 1250. The Labute approximate surface area is 276 Å². The number of nitrogens with zero attached hydrogens (tertiary/aromatic N) is 4. The van der Waals surface area contributed by atoms with Crippen molar-refractivity contribution >= 4 is 17.9 Å². The molecule has 0 saturated carbocycles. The van der Waals surface area contributed by atoms with E-state index in [0.717, 1.165) is 5.69 Å². The summed E-state index contributed by atoms with van der Waals surface area (Å²) in [6.07, 6.45) is 0. The highest BCUT2D eigenvalue weighted by atomic mass is 16.6. The van der Waals surface area contributed by atoms with Gasteiger partial charge in [0.15, 0.2) is 6.04 Å². The summed E-state index contributed by atoms with van der Waals surface area (Å²) < 4.78 is 38.9. The number of carbonyl (C=O) groups excluding carboxylic acids is 3. The van der Waals surface area contributed by atoms with E-state index in [1.54, 1.807) is 45.0 Å². The van der Waals surface area contributed by atoms with Crippen molar-refractivity contribution in [3.63, 3.8) is 0 Å². The number of esters is 3. The molecule has 1 aliphatic rings. The maximum Gasteiger partial charge on any atom is 0.356 e. The van der Waals surface area contributed by atoms with Gasteiger partial charge in [-0.2, -0.15) is 0 Å². The molecule has 0 aromatic carbocycles. The molecule has 0 amide bonds. The molecule has 1 atom stereocenters. The van der Waals surface area contributed by atoms with Crippen LogP contribution in [0, 0.1) is 0 Å². The summed E-state index contributed by atoms with van der Waals surface area (Å²) in [7, 11) is 2.61. The van der Waals surface area contributed by atoms with E-state index in [4.69, 9.17) is 33.2 Å². The largest absolute Gasteiger partial charge is 0.464 e. The van der Waals surface area contributed by atoms with Gasteiger partial charge in [-0.15, -0.1) is 0 Å². The third-order valence-corrected chi connectivity index (χ3v) is 6.92. The highest BCUT2D eigenvalue weighted by molar-refractivity contribution is 5.87. The molecule has 1 saturated heterocycles. The molecule has 3 heterocycles. The first-order valence-corrected chi connectivity index (χ1v) is 15.7. The SMILES string of the molecule is COC(=O)c1cccc(CN2CCOCCOCCN(C(C(=O)OC(C)(C)C)c3cccc(C(=O)OC)n3)CCOCCOCC2)n1. The lowest BCUT2D eigenvalue weighted by atomic mass is 10.1. The van der Waals surface area contributed by atoms with Gasteiger partial charge in [-0.3, -0.25) is 9.80 Å². The van der Waals surface area contributed by atoms with Gasteiger partial charge in [0.1, 0.15) is 17.0 Å². The van der Waals surface area contributed by atoms with Gasteiger partial charge < -0.3 is 33.2 Å². The van der Waals surface area contributed by atoms with E-state index in [0.29, 0.717) is 91.3 Å². The predicted octanol–water partition coefficient (Wildman–Crippen LogP) is 2.32. The van der Waals surface area contributed by atoms with E-state index >= 15 is 0 Å². The first kappa shape index (κ1) is 37.9. The molecule has 14 nitrogen and oxygen atoms in total. The first-order valence-electron chi connectivity index (χ1n) is 15.7. The molecule has 1 fully saturated rings. The number of hydrogen-bond acceptors (Lipinski definition) is 14. The Morgan fingerprint density at radius 2 is 1.21 bits per heavy atom. The summed E-state index contributed by atoms with van der Waals surface area (Å²) in [5.41, 5.74) is 0.699. The summed E-state index contributed by atoms with van der Waals surface area (Å²) in [6, 6.07) is 9.23. The Kier molecular flexibility index (Phi) is 16.1. The standard InChI is InChI=1S/C33H48N4O10/c1-33(2,3)47-32(40)29(26-9-7-11-28(35-26)31(39)42-5)37-14-18-45-22-20-43-16-12-36(13-17-44-21-23-46-19-15-37)24-25-8-6-10-27(34-25)30(38)41-4/h6-11,29H,12-24H2,1-5H3. The predicted molar refractivity (Wildman–Crippen MR) is 170 cm³/mol. The van der Waals surface area contributed by atoms with E-state index in [9.17, 15) is 14.4 Å². The zero-order chi connectivity index (χ0) is 34.1. The summed E-state index contributed by atoms with van der Waals surface area (Å²) in [6.45, 7) is 10.8. The number of aromatic nitrogens is 2. The second-order valence-corrected chi connectivity index (χ2v) is 11.6. The normalized spacial score (nSPS) is 17.9. The average molecular weight is 661 g/mol. The van der Waals surface area contributed by atoms with E-state index in [2.05, 4.69) is 14.9 Å².